The lowest BCUT2D eigenvalue weighted by molar-refractivity contribution is -0.141. The van der Waals surface area contributed by atoms with Crippen LogP contribution in [-0.4, -0.2) is 35.5 Å². The molecule has 2 amide bonds. The summed E-state index contributed by atoms with van der Waals surface area (Å²) in [6, 6.07) is 4.95. The van der Waals surface area contributed by atoms with Gasteiger partial charge in [-0.1, -0.05) is 12.1 Å². The topological polar surface area (TPSA) is 119 Å². The number of terminal acetylenes is 1. The number of primary amides is 1. The first-order chi connectivity index (χ1) is 9.95. The lowest BCUT2D eigenvalue weighted by atomic mass is 10.2. The second kappa shape index (κ2) is 7.55. The number of carbonyl (C=O) groups is 3. The average molecular weight is 290 g/mol. The Morgan fingerprint density at radius 1 is 1.38 bits per heavy atom. The number of amides is 2. The Hall–Kier alpha value is -3.01. The van der Waals surface area contributed by atoms with Gasteiger partial charge in [-0.3, -0.25) is 9.59 Å². The van der Waals surface area contributed by atoms with Crippen LogP contribution < -0.4 is 15.8 Å². The maximum Gasteiger partial charge on any atom is 0.327 e. The largest absolute Gasteiger partial charge is 0.483 e. The van der Waals surface area contributed by atoms with Gasteiger partial charge in [0, 0.05) is 6.42 Å². The van der Waals surface area contributed by atoms with Crippen LogP contribution in [0.4, 0.5) is 0 Å². The van der Waals surface area contributed by atoms with Crippen LogP contribution >= 0.6 is 0 Å². The van der Waals surface area contributed by atoms with E-state index < -0.39 is 30.4 Å². The summed E-state index contributed by atoms with van der Waals surface area (Å²) < 4.78 is 5.16. The first-order valence-corrected chi connectivity index (χ1v) is 5.93. The molecule has 1 unspecified atom stereocenters. The molecule has 0 aliphatic rings. The van der Waals surface area contributed by atoms with E-state index in [0.29, 0.717) is 0 Å². The van der Waals surface area contributed by atoms with Crippen LogP contribution in [0.1, 0.15) is 16.8 Å². The number of carboxylic acids is 1. The molecule has 0 aromatic heterocycles. The molecule has 0 fully saturated rings. The summed E-state index contributed by atoms with van der Waals surface area (Å²) in [5.41, 5.74) is 5.29. The van der Waals surface area contributed by atoms with Gasteiger partial charge in [0.2, 0.25) is 0 Å². The monoisotopic (exact) mass is 290 g/mol. The van der Waals surface area contributed by atoms with Gasteiger partial charge in [0.15, 0.2) is 6.61 Å². The minimum Gasteiger partial charge on any atom is -0.483 e. The van der Waals surface area contributed by atoms with Gasteiger partial charge >= 0.3 is 5.97 Å². The number of aliphatic carboxylic acids is 1. The van der Waals surface area contributed by atoms with Crippen molar-refractivity contribution in [1.82, 2.24) is 5.32 Å². The summed E-state index contributed by atoms with van der Waals surface area (Å²) >= 11 is 0. The minimum absolute atomic E-state index is 0.128. The van der Waals surface area contributed by atoms with E-state index >= 15 is 0 Å². The number of carboxylic acid groups (broad SMARTS) is 1. The molecule has 4 N–H and O–H groups in total. The van der Waals surface area contributed by atoms with Crippen molar-refractivity contribution in [3.63, 3.8) is 0 Å². The zero-order valence-corrected chi connectivity index (χ0v) is 11.0. The molecule has 110 valence electrons. The van der Waals surface area contributed by atoms with Gasteiger partial charge < -0.3 is 20.9 Å². The molecule has 0 spiro atoms. The second-order valence-corrected chi connectivity index (χ2v) is 4.02. The standard InChI is InChI=1S/C14H14N2O5/c1-2-5-10(14(19)20)16-12(17)8-21-11-7-4-3-6-9(11)13(15)18/h1,3-4,6-7,10H,5,8H2,(H2,15,18)(H,16,17)(H,19,20). The molecule has 1 aromatic rings. The fraction of sp³-hybridized carbons (Fsp3) is 0.214. The summed E-state index contributed by atoms with van der Waals surface area (Å²) in [5, 5.41) is 11.1. The van der Waals surface area contributed by atoms with Crippen molar-refractivity contribution in [3.8, 4) is 18.1 Å². The Morgan fingerprint density at radius 2 is 2.05 bits per heavy atom. The number of nitrogens with two attached hydrogens (primary N) is 1. The molecular weight excluding hydrogens is 276 g/mol. The molecule has 7 nitrogen and oxygen atoms in total. The summed E-state index contributed by atoms with van der Waals surface area (Å²) in [7, 11) is 0. The molecule has 21 heavy (non-hydrogen) atoms. The SMILES string of the molecule is C#CCC(NC(=O)COc1ccccc1C(N)=O)C(=O)O. The van der Waals surface area contributed by atoms with Gasteiger partial charge in [-0.25, -0.2) is 4.79 Å². The number of hydrogen-bond acceptors (Lipinski definition) is 4. The quantitative estimate of drug-likeness (QED) is 0.599. The van der Waals surface area contributed by atoms with Crippen molar-refractivity contribution < 1.29 is 24.2 Å². The molecule has 1 rings (SSSR count). The number of nitrogens with one attached hydrogen (secondary N) is 1. The molecule has 0 saturated heterocycles. The molecule has 0 bridgehead atoms. The van der Waals surface area contributed by atoms with Gasteiger partial charge in [0.1, 0.15) is 11.8 Å². The van der Waals surface area contributed by atoms with Crippen LogP contribution in [0.3, 0.4) is 0 Å². The van der Waals surface area contributed by atoms with E-state index in [9.17, 15) is 14.4 Å². The molecule has 0 radical (unpaired) electrons. The highest BCUT2D eigenvalue weighted by Crippen LogP contribution is 2.16. The fourth-order valence-electron chi connectivity index (χ4n) is 1.49. The lowest BCUT2D eigenvalue weighted by Gasteiger charge is -2.13. The third-order valence-corrected chi connectivity index (χ3v) is 2.47. The summed E-state index contributed by atoms with van der Waals surface area (Å²) in [5.74, 6) is -0.302. The normalized spacial score (nSPS) is 11.0. The van der Waals surface area contributed by atoms with Crippen molar-refractivity contribution in [2.75, 3.05) is 6.61 Å². The lowest BCUT2D eigenvalue weighted by Crippen LogP contribution is -2.42. The first kappa shape index (κ1) is 16.0. The van der Waals surface area contributed by atoms with Crippen molar-refractivity contribution in [2.45, 2.75) is 12.5 Å². The van der Waals surface area contributed by atoms with E-state index in [1.54, 1.807) is 12.1 Å². The first-order valence-electron chi connectivity index (χ1n) is 5.93. The van der Waals surface area contributed by atoms with Crippen LogP contribution in [-0.2, 0) is 9.59 Å². The maximum atomic E-state index is 11.6. The number of ether oxygens (including phenoxy) is 1. The average Bonchev–Trinajstić information content (AvgIpc) is 2.44. The molecule has 0 heterocycles. The van der Waals surface area contributed by atoms with E-state index in [2.05, 4.69) is 11.2 Å². The molecule has 7 heteroatoms. The van der Waals surface area contributed by atoms with E-state index in [0.717, 1.165) is 0 Å². The van der Waals surface area contributed by atoms with Crippen molar-refractivity contribution in [2.24, 2.45) is 5.73 Å². The smallest absolute Gasteiger partial charge is 0.327 e. The third-order valence-electron chi connectivity index (χ3n) is 2.47. The van der Waals surface area contributed by atoms with Crippen molar-refractivity contribution in [3.05, 3.63) is 29.8 Å². The molecule has 0 saturated carbocycles. The van der Waals surface area contributed by atoms with Gasteiger partial charge in [0.05, 0.1) is 5.56 Å². The van der Waals surface area contributed by atoms with Gasteiger partial charge in [-0.15, -0.1) is 12.3 Å². The van der Waals surface area contributed by atoms with Crippen LogP contribution in [0, 0.1) is 12.3 Å². The van der Waals surface area contributed by atoms with Gasteiger partial charge in [-0.2, -0.15) is 0 Å². The minimum atomic E-state index is -1.24. The fourth-order valence-corrected chi connectivity index (χ4v) is 1.49. The summed E-state index contributed by atoms with van der Waals surface area (Å²) in [4.78, 5) is 33.6. The Labute approximate surface area is 121 Å². The maximum absolute atomic E-state index is 11.6. The highest BCUT2D eigenvalue weighted by molar-refractivity contribution is 5.95. The Kier molecular flexibility index (Phi) is 5.77. The predicted molar refractivity (Wildman–Crippen MR) is 73.5 cm³/mol. The second-order valence-electron chi connectivity index (χ2n) is 4.02. The summed E-state index contributed by atoms with van der Waals surface area (Å²) in [6.07, 6.45) is 4.87. The Morgan fingerprint density at radius 3 is 2.62 bits per heavy atom. The van der Waals surface area contributed by atoms with Crippen molar-refractivity contribution in [1.29, 1.82) is 0 Å². The molecule has 0 aliphatic carbocycles. The zero-order valence-electron chi connectivity index (χ0n) is 11.0. The highest BCUT2D eigenvalue weighted by atomic mass is 16.5. The zero-order chi connectivity index (χ0) is 15.8. The van der Waals surface area contributed by atoms with E-state index in [1.165, 1.54) is 12.1 Å². The Balaban J connectivity index is 2.63. The van der Waals surface area contributed by atoms with Crippen molar-refractivity contribution >= 4 is 17.8 Å². The van der Waals surface area contributed by atoms with Gasteiger partial charge in [0.25, 0.3) is 11.8 Å². The Bertz CT molecular complexity index is 591. The number of rotatable bonds is 7. The number of hydrogen-bond donors (Lipinski definition) is 3. The predicted octanol–water partition coefficient (Wildman–Crippen LogP) is -0.243. The van der Waals surface area contributed by atoms with E-state index in [1.807, 2.05) is 0 Å². The number of benzene rings is 1. The van der Waals surface area contributed by atoms with Crippen LogP contribution in [0.2, 0.25) is 0 Å². The molecular formula is C14H14N2O5. The number of para-hydroxylation sites is 1. The molecule has 0 aliphatic heterocycles. The number of carbonyl (C=O) groups excluding carboxylic acids is 2. The van der Waals surface area contributed by atoms with Crippen LogP contribution in [0.5, 0.6) is 5.75 Å². The highest BCUT2D eigenvalue weighted by Gasteiger charge is 2.19. The molecule has 1 atom stereocenters. The van der Waals surface area contributed by atoms with E-state index in [4.69, 9.17) is 22.0 Å². The van der Waals surface area contributed by atoms with Crippen LogP contribution in [0.25, 0.3) is 0 Å². The van der Waals surface area contributed by atoms with Gasteiger partial charge in [-0.05, 0) is 12.1 Å². The van der Waals surface area contributed by atoms with E-state index in [-0.39, 0.29) is 17.7 Å². The van der Waals surface area contributed by atoms with Crippen LogP contribution in [0.15, 0.2) is 24.3 Å². The third kappa shape index (κ3) is 4.87. The summed E-state index contributed by atoms with van der Waals surface area (Å²) in [6.45, 7) is -0.460. The molecule has 1 aromatic carbocycles.